The molecule has 1 unspecified atom stereocenters. The molecule has 1 aliphatic heterocycles. The van der Waals surface area contributed by atoms with Crippen molar-refractivity contribution in [3.05, 3.63) is 0 Å². The molecule has 2 rings (SSSR count). The highest BCUT2D eigenvalue weighted by Crippen LogP contribution is 2.38. The zero-order valence-electron chi connectivity index (χ0n) is 11.9. The summed E-state index contributed by atoms with van der Waals surface area (Å²) in [5, 5.41) is 3.57. The minimum atomic E-state index is 0.821. The van der Waals surface area contributed by atoms with E-state index in [4.69, 9.17) is 0 Å². The molecule has 0 amide bonds. The molecule has 1 atom stereocenters. The molecule has 17 heavy (non-hydrogen) atoms. The van der Waals surface area contributed by atoms with E-state index in [0.29, 0.717) is 0 Å². The number of nitrogens with zero attached hydrogens (tertiary/aromatic N) is 1. The Morgan fingerprint density at radius 2 is 2.00 bits per heavy atom. The molecule has 0 aromatic carbocycles. The fourth-order valence-corrected chi connectivity index (χ4v) is 3.48. The zero-order chi connectivity index (χ0) is 12.3. The second kappa shape index (κ2) is 6.19. The van der Waals surface area contributed by atoms with Gasteiger partial charge >= 0.3 is 0 Å². The van der Waals surface area contributed by atoms with Gasteiger partial charge in [0.2, 0.25) is 0 Å². The summed E-state index contributed by atoms with van der Waals surface area (Å²) < 4.78 is 0. The predicted molar refractivity (Wildman–Crippen MR) is 74.2 cm³/mol. The maximum atomic E-state index is 3.57. The monoisotopic (exact) mass is 238 g/mol. The first kappa shape index (κ1) is 13.4. The number of rotatable bonds is 5. The van der Waals surface area contributed by atoms with Crippen molar-refractivity contribution in [1.29, 1.82) is 0 Å². The Kier molecular flexibility index (Phi) is 4.87. The maximum Gasteiger partial charge on any atom is 0.0224 e. The molecule has 1 heterocycles. The van der Waals surface area contributed by atoms with Gasteiger partial charge < -0.3 is 5.32 Å². The second-order valence-corrected chi connectivity index (χ2v) is 6.37. The van der Waals surface area contributed by atoms with Crippen LogP contribution >= 0.6 is 0 Å². The van der Waals surface area contributed by atoms with Crippen molar-refractivity contribution < 1.29 is 0 Å². The molecule has 0 spiro atoms. The smallest absolute Gasteiger partial charge is 0.0224 e. The third kappa shape index (κ3) is 3.23. The normalized spacial score (nSPS) is 34.1. The van der Waals surface area contributed by atoms with E-state index >= 15 is 0 Å². The van der Waals surface area contributed by atoms with E-state index in [1.165, 1.54) is 51.7 Å². The van der Waals surface area contributed by atoms with Gasteiger partial charge in [-0.05, 0) is 57.0 Å². The molecular formula is C15H30N2. The first-order chi connectivity index (χ1) is 8.22. The Morgan fingerprint density at radius 1 is 1.24 bits per heavy atom. The van der Waals surface area contributed by atoms with Crippen LogP contribution in [0.25, 0.3) is 0 Å². The molecule has 1 saturated heterocycles. The van der Waals surface area contributed by atoms with E-state index in [0.717, 1.165) is 23.9 Å². The lowest BCUT2D eigenvalue weighted by Crippen LogP contribution is -2.55. The largest absolute Gasteiger partial charge is 0.315 e. The summed E-state index contributed by atoms with van der Waals surface area (Å²) in [6.07, 6.45) is 6.99. The van der Waals surface area contributed by atoms with E-state index in [-0.39, 0.29) is 0 Å². The Bertz CT molecular complexity index is 215. The highest BCUT2D eigenvalue weighted by atomic mass is 15.2. The van der Waals surface area contributed by atoms with Crippen LogP contribution in [0.3, 0.4) is 0 Å². The lowest BCUT2D eigenvalue weighted by Gasteiger charge is -2.48. The summed E-state index contributed by atoms with van der Waals surface area (Å²) in [6, 6.07) is 1.72. The van der Waals surface area contributed by atoms with Gasteiger partial charge in [-0.2, -0.15) is 0 Å². The Labute approximate surface area is 107 Å². The number of hydrogen-bond acceptors (Lipinski definition) is 2. The van der Waals surface area contributed by atoms with Gasteiger partial charge in [-0.3, -0.25) is 4.90 Å². The Balaban J connectivity index is 1.85. The zero-order valence-corrected chi connectivity index (χ0v) is 11.9. The average Bonchev–Trinajstić information content (AvgIpc) is 2.27. The van der Waals surface area contributed by atoms with Gasteiger partial charge in [-0.25, -0.2) is 0 Å². The molecule has 1 aliphatic carbocycles. The van der Waals surface area contributed by atoms with Crippen LogP contribution < -0.4 is 5.32 Å². The third-order valence-electron chi connectivity index (χ3n) is 4.78. The maximum absolute atomic E-state index is 3.57. The minimum absolute atomic E-state index is 0.821. The van der Waals surface area contributed by atoms with Gasteiger partial charge in [-0.15, -0.1) is 0 Å². The summed E-state index contributed by atoms with van der Waals surface area (Å²) in [6.45, 7) is 10.8. The quantitative estimate of drug-likeness (QED) is 0.792. The van der Waals surface area contributed by atoms with Crippen molar-refractivity contribution in [1.82, 2.24) is 10.2 Å². The SMILES string of the molecule is CCCN(C1CCCNC1)C1CC(C(C)C)C1. The topological polar surface area (TPSA) is 15.3 Å². The van der Waals surface area contributed by atoms with E-state index in [2.05, 4.69) is 31.0 Å². The van der Waals surface area contributed by atoms with Gasteiger partial charge in [0.1, 0.15) is 0 Å². The third-order valence-corrected chi connectivity index (χ3v) is 4.78. The summed E-state index contributed by atoms with van der Waals surface area (Å²) in [7, 11) is 0. The molecular weight excluding hydrogens is 208 g/mol. The van der Waals surface area contributed by atoms with Crippen LogP contribution in [0.2, 0.25) is 0 Å². The lowest BCUT2D eigenvalue weighted by molar-refractivity contribution is 0.0171. The molecule has 2 nitrogen and oxygen atoms in total. The van der Waals surface area contributed by atoms with Crippen LogP contribution in [0.4, 0.5) is 0 Å². The summed E-state index contributed by atoms with van der Waals surface area (Å²) in [4.78, 5) is 2.82. The van der Waals surface area contributed by atoms with Crippen LogP contribution in [0, 0.1) is 11.8 Å². The summed E-state index contributed by atoms with van der Waals surface area (Å²) in [5.74, 6) is 1.88. The van der Waals surface area contributed by atoms with E-state index in [1.54, 1.807) is 0 Å². The van der Waals surface area contributed by atoms with Crippen molar-refractivity contribution in [3.8, 4) is 0 Å². The van der Waals surface area contributed by atoms with Crippen molar-refractivity contribution in [2.75, 3.05) is 19.6 Å². The molecule has 0 bridgehead atoms. The Hall–Kier alpha value is -0.0800. The molecule has 1 N–H and O–H groups in total. The van der Waals surface area contributed by atoms with Gasteiger partial charge in [0, 0.05) is 18.6 Å². The molecule has 2 aliphatic rings. The van der Waals surface area contributed by atoms with Crippen LogP contribution in [-0.4, -0.2) is 36.6 Å². The van der Waals surface area contributed by atoms with Crippen molar-refractivity contribution in [2.45, 2.75) is 65.0 Å². The van der Waals surface area contributed by atoms with Crippen LogP contribution in [0.1, 0.15) is 52.9 Å². The van der Waals surface area contributed by atoms with Crippen LogP contribution in [-0.2, 0) is 0 Å². The predicted octanol–water partition coefficient (Wildman–Crippen LogP) is 2.89. The van der Waals surface area contributed by atoms with E-state index < -0.39 is 0 Å². The molecule has 0 aromatic heterocycles. The lowest BCUT2D eigenvalue weighted by atomic mass is 9.72. The first-order valence-electron chi connectivity index (χ1n) is 7.68. The minimum Gasteiger partial charge on any atom is -0.315 e. The molecule has 1 saturated carbocycles. The van der Waals surface area contributed by atoms with Crippen molar-refractivity contribution in [3.63, 3.8) is 0 Å². The van der Waals surface area contributed by atoms with Gasteiger partial charge in [0.15, 0.2) is 0 Å². The van der Waals surface area contributed by atoms with Gasteiger partial charge in [0.25, 0.3) is 0 Å². The van der Waals surface area contributed by atoms with Gasteiger partial charge in [0.05, 0.1) is 0 Å². The number of piperidine rings is 1. The highest BCUT2D eigenvalue weighted by molar-refractivity contribution is 4.92. The summed E-state index contributed by atoms with van der Waals surface area (Å²) in [5.41, 5.74) is 0. The average molecular weight is 238 g/mol. The van der Waals surface area contributed by atoms with Gasteiger partial charge in [-0.1, -0.05) is 20.8 Å². The van der Waals surface area contributed by atoms with Crippen LogP contribution in [0.5, 0.6) is 0 Å². The van der Waals surface area contributed by atoms with E-state index in [1.807, 2.05) is 0 Å². The Morgan fingerprint density at radius 3 is 2.53 bits per heavy atom. The van der Waals surface area contributed by atoms with Crippen LogP contribution in [0.15, 0.2) is 0 Å². The molecule has 2 heteroatoms. The highest BCUT2D eigenvalue weighted by Gasteiger charge is 2.37. The fraction of sp³-hybridized carbons (Fsp3) is 1.00. The second-order valence-electron chi connectivity index (χ2n) is 6.37. The molecule has 0 aromatic rings. The standard InChI is InChI=1S/C15H30N2/c1-4-8-17(14-6-5-7-16-11-14)15-9-13(10-15)12(2)3/h12-16H,4-11H2,1-3H3. The first-order valence-corrected chi connectivity index (χ1v) is 7.68. The number of hydrogen-bond donors (Lipinski definition) is 1. The van der Waals surface area contributed by atoms with Crippen molar-refractivity contribution >= 4 is 0 Å². The molecule has 0 radical (unpaired) electrons. The summed E-state index contributed by atoms with van der Waals surface area (Å²) >= 11 is 0. The number of nitrogens with one attached hydrogen (secondary N) is 1. The fourth-order valence-electron chi connectivity index (χ4n) is 3.48. The van der Waals surface area contributed by atoms with Crippen molar-refractivity contribution in [2.24, 2.45) is 11.8 Å². The molecule has 2 fully saturated rings. The van der Waals surface area contributed by atoms with E-state index in [9.17, 15) is 0 Å². The molecule has 100 valence electrons.